The average Bonchev–Trinajstić information content (AvgIpc) is 2.28. The van der Waals surface area contributed by atoms with Gasteiger partial charge in [0, 0.05) is 17.5 Å². The van der Waals surface area contributed by atoms with Crippen molar-refractivity contribution in [3.63, 3.8) is 0 Å². The Bertz CT molecular complexity index is 614. The maximum atomic E-state index is 11.2. The van der Waals surface area contributed by atoms with E-state index in [-0.39, 0.29) is 4.90 Å². The predicted molar refractivity (Wildman–Crippen MR) is 66.5 cm³/mol. The molecule has 2 N–H and O–H groups in total. The highest BCUT2D eigenvalue weighted by Gasteiger charge is 2.16. The van der Waals surface area contributed by atoms with Crippen molar-refractivity contribution in [2.24, 2.45) is 10.1 Å². The third-order valence-electron chi connectivity index (χ3n) is 2.43. The topological polar surface area (TPSA) is 75.8 Å². The fourth-order valence-electron chi connectivity index (χ4n) is 1.66. The van der Waals surface area contributed by atoms with E-state index in [1.807, 2.05) is 4.90 Å². The van der Waals surface area contributed by atoms with Crippen molar-refractivity contribution in [3.8, 4) is 12.3 Å². The van der Waals surface area contributed by atoms with Gasteiger partial charge in [-0.05, 0) is 18.2 Å². The largest absolute Gasteiger partial charge is 0.340 e. The minimum absolute atomic E-state index is 0.0743. The van der Waals surface area contributed by atoms with Gasteiger partial charge in [-0.3, -0.25) is 4.99 Å². The Hall–Kier alpha value is -1.84. The molecule has 2 rings (SSSR count). The fourth-order valence-corrected chi connectivity index (χ4v) is 2.21. The molecule has 0 amide bonds. The number of sulfonamides is 1. The summed E-state index contributed by atoms with van der Waals surface area (Å²) in [5, 5.41) is 5.06. The zero-order valence-corrected chi connectivity index (χ0v) is 9.81. The molecule has 1 heterocycles. The van der Waals surface area contributed by atoms with Crippen LogP contribution in [0.2, 0.25) is 0 Å². The molecular formula is C11H11N3O2S. The minimum Gasteiger partial charge on any atom is -0.340 e. The van der Waals surface area contributed by atoms with E-state index in [1.54, 1.807) is 12.3 Å². The summed E-state index contributed by atoms with van der Waals surface area (Å²) in [5.74, 6) is 2.53. The Morgan fingerprint density at radius 1 is 1.53 bits per heavy atom. The molecule has 0 fully saturated rings. The molecule has 0 unspecified atom stereocenters. The summed E-state index contributed by atoms with van der Waals surface area (Å²) in [4.78, 5) is 6.06. The molecule has 1 aromatic carbocycles. The van der Waals surface area contributed by atoms with Gasteiger partial charge in [-0.25, -0.2) is 13.6 Å². The van der Waals surface area contributed by atoms with Gasteiger partial charge in [0.15, 0.2) is 0 Å². The van der Waals surface area contributed by atoms with Gasteiger partial charge >= 0.3 is 0 Å². The smallest absolute Gasteiger partial charge is 0.238 e. The average molecular weight is 249 g/mol. The lowest BCUT2D eigenvalue weighted by atomic mass is 10.1. The molecule has 6 heteroatoms. The maximum absolute atomic E-state index is 11.2. The van der Waals surface area contributed by atoms with E-state index in [1.165, 1.54) is 12.1 Å². The Kier molecular flexibility index (Phi) is 2.88. The first-order chi connectivity index (χ1) is 8.02. The van der Waals surface area contributed by atoms with Crippen LogP contribution >= 0.6 is 0 Å². The van der Waals surface area contributed by atoms with Gasteiger partial charge < -0.3 is 4.90 Å². The van der Waals surface area contributed by atoms with Crippen LogP contribution in [0.4, 0.5) is 5.69 Å². The number of benzene rings is 1. The second kappa shape index (κ2) is 4.20. The summed E-state index contributed by atoms with van der Waals surface area (Å²) in [5.41, 5.74) is 1.57. The first-order valence-electron chi connectivity index (χ1n) is 4.87. The molecule has 0 saturated heterocycles. The third-order valence-corrected chi connectivity index (χ3v) is 3.34. The summed E-state index contributed by atoms with van der Waals surface area (Å²) in [6, 6.07) is 4.66. The molecular weight excluding hydrogens is 238 g/mol. The quantitative estimate of drug-likeness (QED) is 0.759. The van der Waals surface area contributed by atoms with Crippen molar-refractivity contribution < 1.29 is 8.42 Å². The summed E-state index contributed by atoms with van der Waals surface area (Å²) >= 11 is 0. The molecule has 0 spiro atoms. The Morgan fingerprint density at radius 2 is 2.29 bits per heavy atom. The molecule has 1 aliphatic rings. The zero-order valence-electron chi connectivity index (χ0n) is 9.00. The van der Waals surface area contributed by atoms with Gasteiger partial charge in [0.25, 0.3) is 0 Å². The lowest BCUT2D eigenvalue weighted by molar-refractivity contribution is 0.598. The van der Waals surface area contributed by atoms with Crippen LogP contribution < -0.4 is 10.0 Å². The number of hydrogen-bond donors (Lipinski definition) is 1. The number of nitrogens with zero attached hydrogens (tertiary/aromatic N) is 2. The molecule has 0 aromatic heterocycles. The molecule has 0 atom stereocenters. The molecule has 0 aliphatic carbocycles. The maximum Gasteiger partial charge on any atom is 0.238 e. The SMILES string of the molecule is C#CCN1CN=Cc2cc(S(N)(=O)=O)ccc21. The van der Waals surface area contributed by atoms with Crippen LogP contribution in [0, 0.1) is 12.3 Å². The van der Waals surface area contributed by atoms with Crippen molar-refractivity contribution >= 4 is 21.9 Å². The highest BCUT2D eigenvalue weighted by Crippen LogP contribution is 2.24. The van der Waals surface area contributed by atoms with Crippen LogP contribution in [0.15, 0.2) is 28.1 Å². The van der Waals surface area contributed by atoms with Gasteiger partial charge in [0.2, 0.25) is 10.0 Å². The normalized spacial score (nSPS) is 14.2. The summed E-state index contributed by atoms with van der Waals surface area (Å²) in [7, 11) is -3.69. The van der Waals surface area contributed by atoms with E-state index in [2.05, 4.69) is 10.9 Å². The van der Waals surface area contributed by atoms with Crippen molar-refractivity contribution in [3.05, 3.63) is 23.8 Å². The van der Waals surface area contributed by atoms with Gasteiger partial charge in [0.1, 0.15) is 6.67 Å². The van der Waals surface area contributed by atoms with Crippen molar-refractivity contribution in [1.29, 1.82) is 0 Å². The molecule has 0 bridgehead atoms. The highest BCUT2D eigenvalue weighted by atomic mass is 32.2. The number of hydrogen-bond acceptors (Lipinski definition) is 4. The lowest BCUT2D eigenvalue weighted by Gasteiger charge is -2.25. The van der Waals surface area contributed by atoms with E-state index < -0.39 is 10.0 Å². The number of anilines is 1. The second-order valence-electron chi connectivity index (χ2n) is 3.62. The summed E-state index contributed by atoms with van der Waals surface area (Å²) in [6.07, 6.45) is 6.88. The monoisotopic (exact) mass is 249 g/mol. The third kappa shape index (κ3) is 2.30. The predicted octanol–water partition coefficient (Wildman–Crippen LogP) is 0.164. The number of nitrogens with two attached hydrogens (primary N) is 1. The molecule has 1 aromatic rings. The molecule has 1 aliphatic heterocycles. The highest BCUT2D eigenvalue weighted by molar-refractivity contribution is 7.89. The van der Waals surface area contributed by atoms with E-state index in [4.69, 9.17) is 11.6 Å². The van der Waals surface area contributed by atoms with Crippen LogP contribution in [0.25, 0.3) is 0 Å². The fraction of sp³-hybridized carbons (Fsp3) is 0.182. The van der Waals surface area contributed by atoms with Crippen molar-refractivity contribution in [2.75, 3.05) is 18.1 Å². The number of terminal acetylenes is 1. The van der Waals surface area contributed by atoms with E-state index in [0.29, 0.717) is 18.8 Å². The molecule has 88 valence electrons. The molecule has 0 radical (unpaired) electrons. The first kappa shape index (κ1) is 11.6. The van der Waals surface area contributed by atoms with Gasteiger partial charge in [-0.1, -0.05) is 5.92 Å². The lowest BCUT2D eigenvalue weighted by Crippen LogP contribution is -2.27. The molecule has 0 saturated carbocycles. The van der Waals surface area contributed by atoms with E-state index in [9.17, 15) is 8.42 Å². The Balaban J connectivity index is 2.49. The van der Waals surface area contributed by atoms with Crippen LogP contribution in [0.1, 0.15) is 5.56 Å². The summed E-state index contributed by atoms with van der Waals surface area (Å²) < 4.78 is 22.4. The van der Waals surface area contributed by atoms with Gasteiger partial charge in [-0.2, -0.15) is 0 Å². The number of fused-ring (bicyclic) bond motifs is 1. The molecule has 17 heavy (non-hydrogen) atoms. The summed E-state index contributed by atoms with van der Waals surface area (Å²) in [6.45, 7) is 0.908. The van der Waals surface area contributed by atoms with Crippen LogP contribution in [0.3, 0.4) is 0 Å². The van der Waals surface area contributed by atoms with Crippen molar-refractivity contribution in [1.82, 2.24) is 0 Å². The standard InChI is InChI=1S/C11H11N3O2S/c1-2-5-14-8-13-7-9-6-10(17(12,15)16)3-4-11(9)14/h1,3-4,6-7H,5,8H2,(H2,12,15,16). The number of aliphatic imine (C=N–C) groups is 1. The molecule has 5 nitrogen and oxygen atoms in total. The Labute approximate surface area is 100 Å². The van der Waals surface area contributed by atoms with Crippen LogP contribution in [0.5, 0.6) is 0 Å². The van der Waals surface area contributed by atoms with Crippen molar-refractivity contribution in [2.45, 2.75) is 4.90 Å². The Morgan fingerprint density at radius 3 is 2.94 bits per heavy atom. The van der Waals surface area contributed by atoms with E-state index >= 15 is 0 Å². The van der Waals surface area contributed by atoms with Crippen LogP contribution in [-0.4, -0.2) is 27.8 Å². The first-order valence-corrected chi connectivity index (χ1v) is 6.42. The number of rotatable bonds is 2. The minimum atomic E-state index is -3.69. The van der Waals surface area contributed by atoms with Gasteiger partial charge in [-0.15, -0.1) is 6.42 Å². The van der Waals surface area contributed by atoms with Crippen LogP contribution in [-0.2, 0) is 10.0 Å². The van der Waals surface area contributed by atoms with Gasteiger partial charge in [0.05, 0.1) is 11.4 Å². The van der Waals surface area contributed by atoms with E-state index in [0.717, 1.165) is 5.69 Å². The second-order valence-corrected chi connectivity index (χ2v) is 5.18. The number of primary sulfonamides is 1. The zero-order chi connectivity index (χ0) is 12.5.